The lowest BCUT2D eigenvalue weighted by molar-refractivity contribution is -0.145. The fourth-order valence-corrected chi connectivity index (χ4v) is 4.87. The summed E-state index contributed by atoms with van der Waals surface area (Å²) >= 11 is 0. The molecule has 2 atom stereocenters. The molecule has 1 saturated heterocycles. The number of carbonyl (C=O) groups is 2. The lowest BCUT2D eigenvalue weighted by Gasteiger charge is -2.37. The minimum Gasteiger partial charge on any atom is -0.497 e. The summed E-state index contributed by atoms with van der Waals surface area (Å²) in [5, 5.41) is 1.00. The molecule has 34 heavy (non-hydrogen) atoms. The monoisotopic (exact) mass is 470 g/mol. The first kappa shape index (κ1) is 24.1. The van der Waals surface area contributed by atoms with Gasteiger partial charge in [-0.15, -0.1) is 0 Å². The highest BCUT2D eigenvalue weighted by Gasteiger charge is 2.53. The van der Waals surface area contributed by atoms with Crippen LogP contribution in [0.1, 0.15) is 64.6 Å². The van der Waals surface area contributed by atoms with Crippen molar-refractivity contribution < 1.29 is 28.5 Å². The van der Waals surface area contributed by atoms with E-state index in [1.54, 1.807) is 27.9 Å². The Bertz CT molecular complexity index is 1120. The normalized spacial score (nSPS) is 22.0. The predicted octanol–water partition coefficient (Wildman–Crippen LogP) is 4.61. The summed E-state index contributed by atoms with van der Waals surface area (Å²) < 4.78 is 22.8. The topological polar surface area (TPSA) is 87.2 Å². The zero-order valence-electron chi connectivity index (χ0n) is 21.1. The Balaban J connectivity index is 1.75. The number of ether oxygens (including phenoxy) is 4. The van der Waals surface area contributed by atoms with Crippen LogP contribution in [0.3, 0.4) is 0 Å². The number of carbonyl (C=O) groups excluding carboxylic acids is 2. The van der Waals surface area contributed by atoms with E-state index in [1.165, 1.54) is 12.0 Å². The number of likely N-dealkylation sites (tertiary alicyclic amines) is 1. The number of hydrogen-bond acceptors (Lipinski definition) is 7. The molecule has 1 unspecified atom stereocenters. The van der Waals surface area contributed by atoms with E-state index in [2.05, 4.69) is 13.8 Å². The molecule has 8 nitrogen and oxygen atoms in total. The fraction of sp³-hybridized carbons (Fsp3) is 0.577. The van der Waals surface area contributed by atoms with Crippen molar-refractivity contribution in [2.24, 2.45) is 0 Å². The maximum atomic E-state index is 13.0. The molecule has 1 amide bonds. The third-order valence-electron chi connectivity index (χ3n) is 6.47. The minimum absolute atomic E-state index is 0.134. The lowest BCUT2D eigenvalue weighted by Crippen LogP contribution is -2.46. The van der Waals surface area contributed by atoms with E-state index in [0.717, 1.165) is 40.1 Å². The van der Waals surface area contributed by atoms with Gasteiger partial charge < -0.3 is 18.9 Å². The molecule has 184 valence electrons. The van der Waals surface area contributed by atoms with Crippen molar-refractivity contribution >= 4 is 23.0 Å². The van der Waals surface area contributed by atoms with Crippen LogP contribution in [0.2, 0.25) is 0 Å². The number of rotatable bonds is 3. The Hall–Kier alpha value is -3.03. The number of methoxy groups -OCH3 is 2. The van der Waals surface area contributed by atoms with Crippen LogP contribution in [0.15, 0.2) is 18.2 Å². The summed E-state index contributed by atoms with van der Waals surface area (Å²) in [6.45, 7) is 9.82. The molecule has 3 heterocycles. The van der Waals surface area contributed by atoms with Crippen LogP contribution >= 0.6 is 0 Å². The number of benzene rings is 1. The molecule has 0 saturated carbocycles. The zero-order valence-corrected chi connectivity index (χ0v) is 21.1. The second kappa shape index (κ2) is 8.64. The van der Waals surface area contributed by atoms with Crippen LogP contribution in [-0.2, 0) is 20.7 Å². The van der Waals surface area contributed by atoms with Gasteiger partial charge in [-0.05, 0) is 57.7 Å². The van der Waals surface area contributed by atoms with E-state index in [1.807, 2.05) is 18.2 Å². The summed E-state index contributed by atoms with van der Waals surface area (Å²) in [5.74, 6) is 1.17. The van der Waals surface area contributed by atoms with Gasteiger partial charge in [-0.25, -0.2) is 14.6 Å². The quantitative estimate of drug-likeness (QED) is 0.605. The number of aromatic nitrogens is 1. The first-order chi connectivity index (χ1) is 16.0. The number of hydrogen-bond donors (Lipinski definition) is 0. The maximum absolute atomic E-state index is 13.0. The second-order valence-electron chi connectivity index (χ2n) is 10.5. The average Bonchev–Trinajstić information content (AvgIpc) is 3.15. The molecule has 1 aromatic heterocycles. The van der Waals surface area contributed by atoms with Crippen LogP contribution in [-0.4, -0.2) is 60.0 Å². The Kier molecular flexibility index (Phi) is 6.12. The summed E-state index contributed by atoms with van der Waals surface area (Å²) in [7, 11) is 2.98. The maximum Gasteiger partial charge on any atom is 0.411 e. The van der Waals surface area contributed by atoms with E-state index in [-0.39, 0.29) is 12.5 Å². The molecule has 0 aliphatic carbocycles. The number of esters is 1. The van der Waals surface area contributed by atoms with Gasteiger partial charge in [0.15, 0.2) is 0 Å². The van der Waals surface area contributed by atoms with Gasteiger partial charge in [0.05, 0.1) is 32.0 Å². The van der Waals surface area contributed by atoms with Gasteiger partial charge >= 0.3 is 12.1 Å². The highest BCUT2D eigenvalue weighted by atomic mass is 16.6. The van der Waals surface area contributed by atoms with Gasteiger partial charge in [0, 0.05) is 17.4 Å². The van der Waals surface area contributed by atoms with E-state index in [4.69, 9.17) is 23.9 Å². The molecular formula is C26H34N2O6. The Labute approximate surface area is 200 Å². The largest absolute Gasteiger partial charge is 0.497 e. The zero-order chi connectivity index (χ0) is 24.8. The van der Waals surface area contributed by atoms with E-state index >= 15 is 0 Å². The van der Waals surface area contributed by atoms with Crippen LogP contribution in [0.25, 0.3) is 10.9 Å². The lowest BCUT2D eigenvalue weighted by atomic mass is 9.86. The van der Waals surface area contributed by atoms with Crippen molar-refractivity contribution in [1.29, 1.82) is 0 Å². The van der Waals surface area contributed by atoms with Crippen LogP contribution in [0.5, 0.6) is 11.5 Å². The van der Waals surface area contributed by atoms with Gasteiger partial charge in [-0.2, -0.15) is 0 Å². The van der Waals surface area contributed by atoms with Crippen molar-refractivity contribution in [3.05, 3.63) is 29.5 Å². The molecule has 1 fully saturated rings. The number of fused-ring (bicyclic) bond motifs is 3. The average molecular weight is 471 g/mol. The van der Waals surface area contributed by atoms with Gasteiger partial charge in [0.1, 0.15) is 28.7 Å². The van der Waals surface area contributed by atoms with E-state index in [0.29, 0.717) is 12.8 Å². The van der Waals surface area contributed by atoms with Gasteiger partial charge in [-0.1, -0.05) is 13.8 Å². The molecule has 0 bridgehead atoms. The van der Waals surface area contributed by atoms with Gasteiger partial charge in [-0.3, -0.25) is 4.90 Å². The Morgan fingerprint density at radius 1 is 1.24 bits per heavy atom. The predicted molar refractivity (Wildman–Crippen MR) is 127 cm³/mol. The minimum atomic E-state index is -0.766. The van der Waals surface area contributed by atoms with Gasteiger partial charge in [0.2, 0.25) is 0 Å². The summed E-state index contributed by atoms with van der Waals surface area (Å²) in [4.78, 5) is 32.0. The number of aryl methyl sites for hydroxylation is 1. The number of amides is 1. The van der Waals surface area contributed by atoms with Crippen LogP contribution in [0.4, 0.5) is 4.79 Å². The third-order valence-corrected chi connectivity index (χ3v) is 6.47. The molecule has 8 heteroatoms. The SMILES string of the molecule is COC(=O)[C@@H]1CC2(CCc3c(c(C(C)C)nc4ccc(OC)cc34)O2)CN1C(=O)OC(C)(C)C. The molecule has 2 aliphatic heterocycles. The van der Waals surface area contributed by atoms with Crippen molar-refractivity contribution in [1.82, 2.24) is 9.88 Å². The Morgan fingerprint density at radius 3 is 2.59 bits per heavy atom. The highest BCUT2D eigenvalue weighted by Crippen LogP contribution is 2.46. The first-order valence-corrected chi connectivity index (χ1v) is 11.7. The van der Waals surface area contributed by atoms with Gasteiger partial charge in [0.25, 0.3) is 0 Å². The van der Waals surface area contributed by atoms with Crippen molar-refractivity contribution in [2.45, 2.75) is 77.0 Å². The number of nitrogens with zero attached hydrogens (tertiary/aromatic N) is 2. The molecule has 2 aromatic rings. The van der Waals surface area contributed by atoms with Crippen molar-refractivity contribution in [3.63, 3.8) is 0 Å². The van der Waals surface area contributed by atoms with Crippen molar-refractivity contribution in [3.8, 4) is 11.5 Å². The van der Waals surface area contributed by atoms with E-state index < -0.39 is 29.3 Å². The summed E-state index contributed by atoms with van der Waals surface area (Å²) in [5.41, 5.74) is 1.46. The summed E-state index contributed by atoms with van der Waals surface area (Å²) in [6.07, 6.45) is 1.18. The molecule has 1 aromatic carbocycles. The number of pyridine rings is 1. The van der Waals surface area contributed by atoms with E-state index in [9.17, 15) is 9.59 Å². The summed E-state index contributed by atoms with van der Waals surface area (Å²) in [6, 6.07) is 5.11. The molecule has 2 aliphatic rings. The van der Waals surface area contributed by atoms with Crippen molar-refractivity contribution in [2.75, 3.05) is 20.8 Å². The first-order valence-electron chi connectivity index (χ1n) is 11.7. The second-order valence-corrected chi connectivity index (χ2v) is 10.5. The standard InChI is InChI=1S/C26H34N2O6/c1-15(2)21-22-17(18-12-16(31-6)8-9-19(18)27-21)10-11-26(33-22)13-20(23(29)32-7)28(14-26)24(30)34-25(3,4)5/h8-9,12,15,20H,10-11,13-14H2,1-7H3/t20-,26?/m0/s1. The smallest absolute Gasteiger partial charge is 0.411 e. The third kappa shape index (κ3) is 4.38. The Morgan fingerprint density at radius 2 is 1.97 bits per heavy atom. The molecule has 4 rings (SSSR count). The molecule has 1 spiro atoms. The molecule has 0 N–H and O–H groups in total. The molecule has 0 radical (unpaired) electrons. The molecular weight excluding hydrogens is 436 g/mol. The van der Waals surface area contributed by atoms with Crippen LogP contribution < -0.4 is 9.47 Å². The highest BCUT2D eigenvalue weighted by molar-refractivity contribution is 5.87. The van der Waals surface area contributed by atoms with Crippen LogP contribution in [0, 0.1) is 0 Å². The fourth-order valence-electron chi connectivity index (χ4n) is 4.87.